The van der Waals surface area contributed by atoms with Gasteiger partial charge in [-0.1, -0.05) is 12.1 Å². The van der Waals surface area contributed by atoms with Crippen LogP contribution in [0.2, 0.25) is 0 Å². The standard InChI is InChI=1S/C23H26N4O5/c1-14-4-5-15(2)18(10-14)26-21(28)13-32-19-9-6-16(11-20(19)31-3)12-24-27-23(30)22(29)25-17-7-8-17/h4-6,9-12,17H,7-8,13H2,1-3H3,(H,25,29)(H,26,28)(H,27,30)/b24-12-. The van der Waals surface area contributed by atoms with Gasteiger partial charge in [0.25, 0.3) is 5.91 Å². The monoisotopic (exact) mass is 438 g/mol. The van der Waals surface area contributed by atoms with Gasteiger partial charge >= 0.3 is 11.8 Å². The molecule has 1 aliphatic carbocycles. The largest absolute Gasteiger partial charge is 0.493 e. The molecule has 0 unspecified atom stereocenters. The lowest BCUT2D eigenvalue weighted by atomic mass is 10.1. The Bertz CT molecular complexity index is 1050. The fourth-order valence-electron chi connectivity index (χ4n) is 2.78. The molecule has 0 spiro atoms. The van der Waals surface area contributed by atoms with E-state index in [1.165, 1.54) is 13.3 Å². The number of aryl methyl sites for hydroxylation is 2. The third kappa shape index (κ3) is 6.56. The fourth-order valence-corrected chi connectivity index (χ4v) is 2.78. The Hall–Kier alpha value is -3.88. The quantitative estimate of drug-likeness (QED) is 0.331. The molecular formula is C23H26N4O5. The van der Waals surface area contributed by atoms with Crippen molar-refractivity contribution in [3.63, 3.8) is 0 Å². The van der Waals surface area contributed by atoms with Crippen molar-refractivity contribution in [3.8, 4) is 11.5 Å². The third-order valence-corrected chi connectivity index (χ3v) is 4.71. The van der Waals surface area contributed by atoms with Gasteiger partial charge in [0, 0.05) is 11.7 Å². The second-order valence-corrected chi connectivity index (χ2v) is 7.51. The van der Waals surface area contributed by atoms with E-state index in [-0.39, 0.29) is 18.6 Å². The number of ether oxygens (including phenoxy) is 2. The van der Waals surface area contributed by atoms with Gasteiger partial charge in [0.15, 0.2) is 18.1 Å². The number of nitrogens with one attached hydrogen (secondary N) is 3. The second-order valence-electron chi connectivity index (χ2n) is 7.51. The van der Waals surface area contributed by atoms with Gasteiger partial charge in [-0.15, -0.1) is 0 Å². The molecule has 0 aromatic heterocycles. The molecule has 168 valence electrons. The molecule has 1 aliphatic rings. The lowest BCUT2D eigenvalue weighted by Gasteiger charge is -2.12. The van der Waals surface area contributed by atoms with Crippen LogP contribution in [-0.2, 0) is 14.4 Å². The molecule has 0 heterocycles. The van der Waals surface area contributed by atoms with Gasteiger partial charge in [-0.3, -0.25) is 14.4 Å². The number of hydrazone groups is 1. The summed E-state index contributed by atoms with van der Waals surface area (Å²) in [4.78, 5) is 35.5. The Labute approximate surface area is 186 Å². The van der Waals surface area contributed by atoms with Crippen molar-refractivity contribution in [1.29, 1.82) is 0 Å². The van der Waals surface area contributed by atoms with Gasteiger partial charge in [-0.2, -0.15) is 5.10 Å². The van der Waals surface area contributed by atoms with Crippen LogP contribution in [0.3, 0.4) is 0 Å². The highest BCUT2D eigenvalue weighted by Gasteiger charge is 2.26. The van der Waals surface area contributed by atoms with Crippen LogP contribution in [-0.4, -0.2) is 43.7 Å². The number of hydrogen-bond donors (Lipinski definition) is 3. The van der Waals surface area contributed by atoms with Crippen molar-refractivity contribution >= 4 is 29.6 Å². The van der Waals surface area contributed by atoms with Crippen LogP contribution in [0.1, 0.15) is 29.5 Å². The lowest BCUT2D eigenvalue weighted by molar-refractivity contribution is -0.139. The smallest absolute Gasteiger partial charge is 0.329 e. The van der Waals surface area contributed by atoms with Crippen LogP contribution in [0.25, 0.3) is 0 Å². The van der Waals surface area contributed by atoms with Crippen molar-refractivity contribution in [3.05, 3.63) is 53.1 Å². The third-order valence-electron chi connectivity index (χ3n) is 4.71. The summed E-state index contributed by atoms with van der Waals surface area (Å²) in [7, 11) is 1.48. The molecular weight excluding hydrogens is 412 g/mol. The minimum atomic E-state index is -0.824. The van der Waals surface area contributed by atoms with E-state index in [2.05, 4.69) is 21.2 Å². The molecule has 0 atom stereocenters. The van der Waals surface area contributed by atoms with Crippen molar-refractivity contribution in [2.75, 3.05) is 19.0 Å². The zero-order valence-electron chi connectivity index (χ0n) is 18.2. The predicted molar refractivity (Wildman–Crippen MR) is 120 cm³/mol. The number of benzene rings is 2. The summed E-state index contributed by atoms with van der Waals surface area (Å²) in [6.45, 7) is 3.68. The molecule has 0 aliphatic heterocycles. The molecule has 1 saturated carbocycles. The topological polar surface area (TPSA) is 118 Å². The van der Waals surface area contributed by atoms with Gasteiger partial charge in [0.05, 0.1) is 13.3 Å². The highest BCUT2D eigenvalue weighted by Crippen LogP contribution is 2.27. The molecule has 9 heteroatoms. The summed E-state index contributed by atoms with van der Waals surface area (Å²) >= 11 is 0. The predicted octanol–water partition coefficient (Wildman–Crippen LogP) is 2.06. The van der Waals surface area contributed by atoms with Gasteiger partial charge in [-0.05, 0) is 67.6 Å². The van der Waals surface area contributed by atoms with Crippen LogP contribution in [0.5, 0.6) is 11.5 Å². The Morgan fingerprint density at radius 1 is 1.06 bits per heavy atom. The van der Waals surface area contributed by atoms with E-state index < -0.39 is 11.8 Å². The van der Waals surface area contributed by atoms with E-state index in [1.807, 2.05) is 32.0 Å². The first-order valence-corrected chi connectivity index (χ1v) is 10.2. The molecule has 0 bridgehead atoms. The minimum absolute atomic E-state index is 0.0944. The van der Waals surface area contributed by atoms with E-state index >= 15 is 0 Å². The first-order chi connectivity index (χ1) is 15.4. The molecule has 3 rings (SSSR count). The minimum Gasteiger partial charge on any atom is -0.493 e. The molecule has 0 radical (unpaired) electrons. The van der Waals surface area contributed by atoms with Gasteiger partial charge < -0.3 is 20.1 Å². The lowest BCUT2D eigenvalue weighted by Crippen LogP contribution is -2.38. The number of carbonyl (C=O) groups is 3. The second kappa shape index (κ2) is 10.4. The molecule has 3 amide bonds. The summed E-state index contributed by atoms with van der Waals surface area (Å²) in [5.41, 5.74) is 5.54. The number of carbonyl (C=O) groups excluding carboxylic acids is 3. The first kappa shape index (κ1) is 22.8. The van der Waals surface area contributed by atoms with Gasteiger partial charge in [-0.25, -0.2) is 5.43 Å². The summed E-state index contributed by atoms with van der Waals surface area (Å²) in [6.07, 6.45) is 3.16. The van der Waals surface area contributed by atoms with Crippen molar-refractivity contribution in [1.82, 2.24) is 10.7 Å². The van der Waals surface area contributed by atoms with Crippen LogP contribution < -0.4 is 25.5 Å². The molecule has 9 nitrogen and oxygen atoms in total. The average molecular weight is 438 g/mol. The van der Waals surface area contributed by atoms with Crippen LogP contribution >= 0.6 is 0 Å². The number of methoxy groups -OCH3 is 1. The highest BCUT2D eigenvalue weighted by molar-refractivity contribution is 6.35. The van der Waals surface area contributed by atoms with Crippen molar-refractivity contribution < 1.29 is 23.9 Å². The highest BCUT2D eigenvalue weighted by atomic mass is 16.5. The Kier molecular flexibility index (Phi) is 7.43. The molecule has 3 N–H and O–H groups in total. The molecule has 0 saturated heterocycles. The maximum absolute atomic E-state index is 12.3. The van der Waals surface area contributed by atoms with Gasteiger partial charge in [0.2, 0.25) is 0 Å². The maximum atomic E-state index is 12.3. The SMILES string of the molecule is COc1cc(/C=N\NC(=O)C(=O)NC2CC2)ccc1OCC(=O)Nc1cc(C)ccc1C. The molecule has 2 aromatic rings. The number of hydrogen-bond acceptors (Lipinski definition) is 6. The average Bonchev–Trinajstić information content (AvgIpc) is 3.59. The van der Waals surface area contributed by atoms with E-state index in [0.717, 1.165) is 29.7 Å². The van der Waals surface area contributed by atoms with E-state index in [0.29, 0.717) is 17.1 Å². The van der Waals surface area contributed by atoms with E-state index in [1.54, 1.807) is 18.2 Å². The Morgan fingerprint density at radius 3 is 2.56 bits per heavy atom. The van der Waals surface area contributed by atoms with Crippen LogP contribution in [0, 0.1) is 13.8 Å². The normalized spacial score (nSPS) is 12.8. The van der Waals surface area contributed by atoms with Crippen LogP contribution in [0.15, 0.2) is 41.5 Å². The number of rotatable bonds is 8. The molecule has 1 fully saturated rings. The Balaban J connectivity index is 1.53. The Morgan fingerprint density at radius 2 is 1.84 bits per heavy atom. The summed E-state index contributed by atoms with van der Waals surface area (Å²) < 4.78 is 10.9. The van der Waals surface area contributed by atoms with Crippen LogP contribution in [0.4, 0.5) is 5.69 Å². The number of anilines is 1. The number of amides is 3. The molecule has 2 aromatic carbocycles. The van der Waals surface area contributed by atoms with Crippen molar-refractivity contribution in [2.24, 2.45) is 5.10 Å². The summed E-state index contributed by atoms with van der Waals surface area (Å²) in [5.74, 6) is -1.04. The zero-order valence-corrected chi connectivity index (χ0v) is 18.2. The summed E-state index contributed by atoms with van der Waals surface area (Å²) in [6, 6.07) is 10.9. The van der Waals surface area contributed by atoms with Gasteiger partial charge in [0.1, 0.15) is 0 Å². The number of nitrogens with zero attached hydrogens (tertiary/aromatic N) is 1. The fraction of sp³-hybridized carbons (Fsp3) is 0.304. The summed E-state index contributed by atoms with van der Waals surface area (Å²) in [5, 5.41) is 9.20. The maximum Gasteiger partial charge on any atom is 0.329 e. The van der Waals surface area contributed by atoms with E-state index in [9.17, 15) is 14.4 Å². The molecule has 32 heavy (non-hydrogen) atoms. The zero-order chi connectivity index (χ0) is 23.1. The van der Waals surface area contributed by atoms with E-state index in [4.69, 9.17) is 9.47 Å². The van der Waals surface area contributed by atoms with Crippen molar-refractivity contribution in [2.45, 2.75) is 32.7 Å². The first-order valence-electron chi connectivity index (χ1n) is 10.2.